The molecule has 2 unspecified atom stereocenters. The summed E-state index contributed by atoms with van der Waals surface area (Å²) >= 11 is 0. The quantitative estimate of drug-likeness (QED) is 0.0447. The summed E-state index contributed by atoms with van der Waals surface area (Å²) in [6.07, 6.45) is 58.2. The van der Waals surface area contributed by atoms with Crippen LogP contribution in [0.25, 0.3) is 0 Å². The van der Waals surface area contributed by atoms with Crippen molar-refractivity contribution in [1.82, 2.24) is 5.32 Å². The second-order valence-corrected chi connectivity index (χ2v) is 14.0. The van der Waals surface area contributed by atoms with Gasteiger partial charge in [-0.25, -0.2) is 0 Å². The van der Waals surface area contributed by atoms with Crippen molar-refractivity contribution in [2.45, 2.75) is 206 Å². The highest BCUT2D eigenvalue weighted by atomic mass is 16.3. The number of hydrogen-bond donors (Lipinski definition) is 3. The van der Waals surface area contributed by atoms with E-state index in [4.69, 9.17) is 0 Å². The number of amides is 1. The Labute approximate surface area is 310 Å². The summed E-state index contributed by atoms with van der Waals surface area (Å²) in [5.74, 6) is -0.0587. The Morgan fingerprint density at radius 1 is 0.500 bits per heavy atom. The van der Waals surface area contributed by atoms with Gasteiger partial charge in [0.25, 0.3) is 0 Å². The SMILES string of the molecule is CC/C=C\C/C=C\C/C=C\C/C=C\C/C=C\C/C=C\CCCCCCC(=O)NC(CO)C(O)CCCCCCCCCCCCCCCCC. The van der Waals surface area contributed by atoms with E-state index in [2.05, 4.69) is 92.1 Å². The van der Waals surface area contributed by atoms with E-state index in [-0.39, 0.29) is 12.5 Å². The normalized spacial score (nSPS) is 13.8. The van der Waals surface area contributed by atoms with Crippen molar-refractivity contribution in [2.75, 3.05) is 6.61 Å². The number of allylic oxidation sites excluding steroid dienone is 12. The molecule has 0 aromatic carbocycles. The second kappa shape index (κ2) is 41.3. The lowest BCUT2D eigenvalue weighted by atomic mass is 10.0. The molecule has 2 atom stereocenters. The number of nitrogens with one attached hydrogen (secondary N) is 1. The lowest BCUT2D eigenvalue weighted by Gasteiger charge is -2.22. The zero-order valence-electron chi connectivity index (χ0n) is 32.9. The molecule has 0 aromatic rings. The van der Waals surface area contributed by atoms with Gasteiger partial charge in [0.15, 0.2) is 0 Å². The summed E-state index contributed by atoms with van der Waals surface area (Å²) in [7, 11) is 0. The molecule has 0 bridgehead atoms. The van der Waals surface area contributed by atoms with Crippen molar-refractivity contribution in [3.05, 3.63) is 72.9 Å². The van der Waals surface area contributed by atoms with Crippen molar-refractivity contribution in [3.8, 4) is 0 Å². The van der Waals surface area contributed by atoms with Crippen LogP contribution in [0.2, 0.25) is 0 Å². The molecule has 0 fully saturated rings. The van der Waals surface area contributed by atoms with E-state index < -0.39 is 12.1 Å². The summed E-state index contributed by atoms with van der Waals surface area (Å²) in [5, 5.41) is 23.1. The molecule has 0 aliphatic carbocycles. The van der Waals surface area contributed by atoms with Gasteiger partial charge in [-0.3, -0.25) is 4.79 Å². The van der Waals surface area contributed by atoms with E-state index in [1.807, 2.05) is 0 Å². The Morgan fingerprint density at radius 2 is 0.880 bits per heavy atom. The predicted octanol–water partition coefficient (Wildman–Crippen LogP) is 13.1. The van der Waals surface area contributed by atoms with Crippen LogP contribution < -0.4 is 5.32 Å². The Kier molecular flexibility index (Phi) is 39.5. The zero-order valence-corrected chi connectivity index (χ0v) is 32.9. The second-order valence-electron chi connectivity index (χ2n) is 14.0. The third kappa shape index (κ3) is 37.1. The van der Waals surface area contributed by atoms with Crippen LogP contribution >= 0.6 is 0 Å². The van der Waals surface area contributed by atoms with Crippen molar-refractivity contribution >= 4 is 5.91 Å². The minimum atomic E-state index is -0.674. The van der Waals surface area contributed by atoms with Gasteiger partial charge in [0.2, 0.25) is 5.91 Å². The van der Waals surface area contributed by atoms with E-state index in [1.54, 1.807) is 0 Å². The Morgan fingerprint density at radius 3 is 1.32 bits per heavy atom. The molecular weight excluding hydrogens is 615 g/mol. The number of carbonyl (C=O) groups excluding carboxylic acids is 1. The first-order valence-corrected chi connectivity index (χ1v) is 21.1. The van der Waals surface area contributed by atoms with Gasteiger partial charge in [-0.2, -0.15) is 0 Å². The summed E-state index contributed by atoms with van der Waals surface area (Å²) < 4.78 is 0. The number of unbranched alkanes of at least 4 members (excludes halogenated alkanes) is 18. The predicted molar refractivity (Wildman–Crippen MR) is 220 cm³/mol. The molecular formula is C46H81NO3. The van der Waals surface area contributed by atoms with Crippen LogP contribution in [0.5, 0.6) is 0 Å². The molecule has 0 saturated heterocycles. The largest absolute Gasteiger partial charge is 0.394 e. The van der Waals surface area contributed by atoms with Gasteiger partial charge < -0.3 is 15.5 Å². The molecule has 1 amide bonds. The van der Waals surface area contributed by atoms with Gasteiger partial charge in [-0.15, -0.1) is 0 Å². The van der Waals surface area contributed by atoms with Crippen LogP contribution in [-0.4, -0.2) is 34.9 Å². The monoisotopic (exact) mass is 696 g/mol. The van der Waals surface area contributed by atoms with Gasteiger partial charge in [0.05, 0.1) is 18.8 Å². The number of aliphatic hydroxyl groups is 2. The first kappa shape index (κ1) is 47.8. The lowest BCUT2D eigenvalue weighted by Crippen LogP contribution is -2.45. The molecule has 0 aliphatic rings. The third-order valence-corrected chi connectivity index (χ3v) is 9.23. The fourth-order valence-electron chi connectivity index (χ4n) is 6.01. The van der Waals surface area contributed by atoms with E-state index in [0.717, 1.165) is 83.5 Å². The Balaban J connectivity index is 3.65. The van der Waals surface area contributed by atoms with Gasteiger partial charge >= 0.3 is 0 Å². The first-order chi connectivity index (χ1) is 24.7. The maximum atomic E-state index is 12.4. The van der Waals surface area contributed by atoms with Gasteiger partial charge in [0.1, 0.15) is 0 Å². The van der Waals surface area contributed by atoms with Crippen LogP contribution in [0.3, 0.4) is 0 Å². The number of hydrogen-bond acceptors (Lipinski definition) is 3. The molecule has 0 heterocycles. The fraction of sp³-hybridized carbons (Fsp3) is 0.717. The summed E-state index contributed by atoms with van der Waals surface area (Å²) in [5.41, 5.74) is 0. The minimum Gasteiger partial charge on any atom is -0.394 e. The molecule has 0 aromatic heterocycles. The van der Waals surface area contributed by atoms with E-state index in [9.17, 15) is 15.0 Å². The molecule has 4 heteroatoms. The van der Waals surface area contributed by atoms with Gasteiger partial charge in [-0.1, -0.05) is 196 Å². The number of rotatable bonds is 37. The minimum absolute atomic E-state index is 0.0587. The van der Waals surface area contributed by atoms with Crippen LogP contribution in [0, 0.1) is 0 Å². The van der Waals surface area contributed by atoms with Crippen LogP contribution in [0.4, 0.5) is 0 Å². The average Bonchev–Trinajstić information content (AvgIpc) is 3.12. The van der Waals surface area contributed by atoms with Crippen molar-refractivity contribution in [2.24, 2.45) is 0 Å². The average molecular weight is 696 g/mol. The van der Waals surface area contributed by atoms with Gasteiger partial charge in [-0.05, 0) is 64.2 Å². The highest BCUT2D eigenvalue weighted by molar-refractivity contribution is 5.76. The molecule has 0 saturated carbocycles. The summed E-state index contributed by atoms with van der Waals surface area (Å²) in [4.78, 5) is 12.4. The highest BCUT2D eigenvalue weighted by Crippen LogP contribution is 2.15. The maximum absolute atomic E-state index is 12.4. The van der Waals surface area contributed by atoms with E-state index in [1.165, 1.54) is 83.5 Å². The molecule has 0 rings (SSSR count). The van der Waals surface area contributed by atoms with Crippen LogP contribution in [-0.2, 0) is 4.79 Å². The Bertz CT molecular complexity index is 884. The van der Waals surface area contributed by atoms with Crippen molar-refractivity contribution < 1.29 is 15.0 Å². The van der Waals surface area contributed by atoms with E-state index >= 15 is 0 Å². The molecule has 50 heavy (non-hydrogen) atoms. The number of carbonyl (C=O) groups is 1. The van der Waals surface area contributed by atoms with Crippen molar-refractivity contribution in [3.63, 3.8) is 0 Å². The van der Waals surface area contributed by atoms with Gasteiger partial charge in [0, 0.05) is 6.42 Å². The molecule has 4 nitrogen and oxygen atoms in total. The van der Waals surface area contributed by atoms with E-state index in [0.29, 0.717) is 12.8 Å². The Hall–Kier alpha value is -2.17. The molecule has 288 valence electrons. The molecule has 0 spiro atoms. The molecule has 0 radical (unpaired) electrons. The zero-order chi connectivity index (χ0) is 36.4. The first-order valence-electron chi connectivity index (χ1n) is 21.1. The summed E-state index contributed by atoms with van der Waals surface area (Å²) in [6, 6.07) is -0.553. The smallest absolute Gasteiger partial charge is 0.220 e. The topological polar surface area (TPSA) is 69.6 Å². The van der Waals surface area contributed by atoms with Crippen LogP contribution in [0.15, 0.2) is 72.9 Å². The fourth-order valence-corrected chi connectivity index (χ4v) is 6.01. The lowest BCUT2D eigenvalue weighted by molar-refractivity contribution is -0.123. The number of aliphatic hydroxyl groups excluding tert-OH is 2. The third-order valence-electron chi connectivity index (χ3n) is 9.23. The molecule has 0 aliphatic heterocycles. The maximum Gasteiger partial charge on any atom is 0.220 e. The van der Waals surface area contributed by atoms with Crippen LogP contribution in [0.1, 0.15) is 194 Å². The summed E-state index contributed by atoms with van der Waals surface area (Å²) in [6.45, 7) is 4.22. The highest BCUT2D eigenvalue weighted by Gasteiger charge is 2.19. The van der Waals surface area contributed by atoms with Crippen molar-refractivity contribution in [1.29, 1.82) is 0 Å². The molecule has 3 N–H and O–H groups in total. The standard InChI is InChI=1S/C46H81NO3/c1-3-5-7-9-11-13-15-17-19-20-21-22-23-24-25-26-28-30-32-34-36-38-40-42-46(50)47-44(43-48)45(49)41-39-37-35-33-31-29-27-18-16-14-12-10-8-6-4-2/h5,7,11,13,17,19,21-22,24-25,28,30,44-45,48-49H,3-4,6,8-10,12,14-16,18,20,23,26-27,29,31-43H2,1-2H3,(H,47,50)/b7-5-,13-11-,19-17-,22-21-,25-24-,30-28-.